The van der Waals surface area contributed by atoms with Crippen LogP contribution in [0.5, 0.6) is 11.5 Å². The summed E-state index contributed by atoms with van der Waals surface area (Å²) in [6.07, 6.45) is 5.16. The molecule has 0 spiro atoms. The summed E-state index contributed by atoms with van der Waals surface area (Å²) in [5, 5.41) is 3.09. The van der Waals surface area contributed by atoms with Crippen molar-refractivity contribution in [3.8, 4) is 11.5 Å². The molecule has 1 fully saturated rings. The molecule has 6 heteroatoms. The van der Waals surface area contributed by atoms with Gasteiger partial charge in [0.15, 0.2) is 11.5 Å². The molecular weight excluding hydrogens is 458 g/mol. The van der Waals surface area contributed by atoms with Gasteiger partial charge in [0.2, 0.25) is 5.91 Å². The van der Waals surface area contributed by atoms with Crippen molar-refractivity contribution in [2.75, 3.05) is 26.9 Å². The Morgan fingerprint density at radius 1 is 1.19 bits per heavy atom. The molecular formula is C25H30BrNO4. The van der Waals surface area contributed by atoms with Crippen LogP contribution >= 0.6 is 15.9 Å². The van der Waals surface area contributed by atoms with E-state index in [-0.39, 0.29) is 17.4 Å². The molecule has 166 valence electrons. The molecule has 3 rings (SSSR count). The smallest absolute Gasteiger partial charge is 0.244 e. The second-order valence-corrected chi connectivity index (χ2v) is 8.95. The maximum Gasteiger partial charge on any atom is 0.244 e. The van der Waals surface area contributed by atoms with E-state index in [1.807, 2.05) is 44.2 Å². The number of methoxy groups -OCH3 is 1. The largest absolute Gasteiger partial charge is 0.493 e. The Hall–Kier alpha value is -2.31. The predicted octanol–water partition coefficient (Wildman–Crippen LogP) is 5.12. The molecule has 0 unspecified atom stereocenters. The maximum atomic E-state index is 12.6. The summed E-state index contributed by atoms with van der Waals surface area (Å²) < 4.78 is 17.8. The van der Waals surface area contributed by atoms with Crippen LogP contribution < -0.4 is 14.8 Å². The lowest BCUT2D eigenvalue weighted by atomic mass is 9.74. The number of benzene rings is 2. The standard InChI is InChI=1S/C25H30BrNO4/c1-18(2)31-22-9-7-19(15-23(22)29-3)8-10-24(28)27-17-25(11-13-30-14-12-25)20-5-4-6-21(26)16-20/h4-10,15-16,18H,11-14,17H2,1-3H3,(H,27,28). The SMILES string of the molecule is COc1cc(C=CC(=O)NCC2(c3cccc(Br)c3)CCOCC2)ccc1OC(C)C. The number of nitrogens with one attached hydrogen (secondary N) is 1. The second kappa shape index (κ2) is 10.8. The van der Waals surface area contributed by atoms with Crippen LogP contribution in [0.1, 0.15) is 37.8 Å². The highest BCUT2D eigenvalue weighted by Crippen LogP contribution is 2.35. The average Bonchev–Trinajstić information content (AvgIpc) is 2.77. The van der Waals surface area contributed by atoms with Gasteiger partial charge in [-0.15, -0.1) is 0 Å². The molecule has 0 atom stereocenters. The summed E-state index contributed by atoms with van der Waals surface area (Å²) in [6, 6.07) is 14.0. The highest BCUT2D eigenvalue weighted by Gasteiger charge is 2.34. The van der Waals surface area contributed by atoms with E-state index in [2.05, 4.69) is 33.4 Å². The molecule has 2 aromatic carbocycles. The van der Waals surface area contributed by atoms with Crippen molar-refractivity contribution < 1.29 is 19.0 Å². The molecule has 1 amide bonds. The highest BCUT2D eigenvalue weighted by molar-refractivity contribution is 9.10. The quantitative estimate of drug-likeness (QED) is 0.524. The van der Waals surface area contributed by atoms with Crippen LogP contribution in [0.2, 0.25) is 0 Å². The van der Waals surface area contributed by atoms with Crippen molar-refractivity contribution in [1.29, 1.82) is 0 Å². The van der Waals surface area contributed by atoms with E-state index >= 15 is 0 Å². The normalized spacial score (nSPS) is 15.8. The molecule has 0 aliphatic carbocycles. The first kappa shape index (κ1) is 23.4. The summed E-state index contributed by atoms with van der Waals surface area (Å²) >= 11 is 3.56. The predicted molar refractivity (Wildman–Crippen MR) is 127 cm³/mol. The summed E-state index contributed by atoms with van der Waals surface area (Å²) in [6.45, 7) is 5.90. The van der Waals surface area contributed by atoms with Gasteiger partial charge in [-0.05, 0) is 68.2 Å². The second-order valence-electron chi connectivity index (χ2n) is 8.03. The van der Waals surface area contributed by atoms with Crippen molar-refractivity contribution in [2.45, 2.75) is 38.2 Å². The Kier molecular flexibility index (Phi) is 8.15. The van der Waals surface area contributed by atoms with E-state index < -0.39 is 0 Å². The average molecular weight is 488 g/mol. The molecule has 31 heavy (non-hydrogen) atoms. The van der Waals surface area contributed by atoms with Crippen molar-refractivity contribution in [3.05, 3.63) is 64.1 Å². The Bertz CT molecular complexity index is 919. The van der Waals surface area contributed by atoms with Crippen LogP contribution in [0.25, 0.3) is 6.08 Å². The van der Waals surface area contributed by atoms with Gasteiger partial charge >= 0.3 is 0 Å². The van der Waals surface area contributed by atoms with Crippen LogP contribution in [0, 0.1) is 0 Å². The molecule has 1 N–H and O–H groups in total. The van der Waals surface area contributed by atoms with Crippen molar-refractivity contribution >= 4 is 27.9 Å². The zero-order valence-corrected chi connectivity index (χ0v) is 19.9. The van der Waals surface area contributed by atoms with E-state index in [1.165, 1.54) is 5.56 Å². The van der Waals surface area contributed by atoms with Gasteiger partial charge in [-0.25, -0.2) is 0 Å². The minimum atomic E-state index is -0.123. The number of hydrogen-bond acceptors (Lipinski definition) is 4. The van der Waals surface area contributed by atoms with Gasteiger partial charge in [0.25, 0.3) is 0 Å². The molecule has 0 radical (unpaired) electrons. The fraction of sp³-hybridized carbons (Fsp3) is 0.400. The minimum Gasteiger partial charge on any atom is -0.493 e. The lowest BCUT2D eigenvalue weighted by molar-refractivity contribution is -0.116. The number of halogens is 1. The van der Waals surface area contributed by atoms with Crippen molar-refractivity contribution in [1.82, 2.24) is 5.32 Å². The first-order valence-corrected chi connectivity index (χ1v) is 11.4. The van der Waals surface area contributed by atoms with Gasteiger partial charge in [0.05, 0.1) is 13.2 Å². The van der Waals surface area contributed by atoms with Crippen LogP contribution in [-0.2, 0) is 14.9 Å². The van der Waals surface area contributed by atoms with Crippen molar-refractivity contribution in [2.24, 2.45) is 0 Å². The van der Waals surface area contributed by atoms with Gasteiger partial charge in [-0.3, -0.25) is 4.79 Å². The molecule has 0 aromatic heterocycles. The molecule has 1 aliphatic rings. The van der Waals surface area contributed by atoms with Crippen molar-refractivity contribution in [3.63, 3.8) is 0 Å². The highest BCUT2D eigenvalue weighted by atomic mass is 79.9. The lowest BCUT2D eigenvalue weighted by Gasteiger charge is -2.38. The van der Waals surface area contributed by atoms with Gasteiger partial charge in [0.1, 0.15) is 0 Å². The van der Waals surface area contributed by atoms with Gasteiger partial charge in [-0.2, -0.15) is 0 Å². The first-order chi connectivity index (χ1) is 14.9. The zero-order chi connectivity index (χ0) is 22.3. The number of carbonyl (C=O) groups excluding carboxylic acids is 1. The number of ether oxygens (including phenoxy) is 3. The first-order valence-electron chi connectivity index (χ1n) is 10.6. The maximum absolute atomic E-state index is 12.6. The third-order valence-electron chi connectivity index (χ3n) is 5.47. The molecule has 1 saturated heterocycles. The lowest BCUT2D eigenvalue weighted by Crippen LogP contribution is -2.44. The Labute approximate surface area is 192 Å². The fourth-order valence-corrected chi connectivity index (χ4v) is 4.17. The molecule has 0 saturated carbocycles. The van der Waals surface area contributed by atoms with Crippen LogP contribution in [0.15, 0.2) is 53.0 Å². The van der Waals surface area contributed by atoms with Gasteiger partial charge in [-0.1, -0.05) is 34.1 Å². The summed E-state index contributed by atoms with van der Waals surface area (Å²) in [7, 11) is 1.61. The number of amides is 1. The number of carbonyl (C=O) groups is 1. The van der Waals surface area contributed by atoms with E-state index in [1.54, 1.807) is 19.3 Å². The Morgan fingerprint density at radius 2 is 1.97 bits per heavy atom. The molecule has 2 aromatic rings. The van der Waals surface area contributed by atoms with E-state index in [0.717, 1.165) is 22.9 Å². The monoisotopic (exact) mass is 487 g/mol. The molecule has 1 aliphatic heterocycles. The van der Waals surface area contributed by atoms with Crippen LogP contribution in [0.4, 0.5) is 0 Å². The van der Waals surface area contributed by atoms with E-state index in [9.17, 15) is 4.79 Å². The zero-order valence-electron chi connectivity index (χ0n) is 18.3. The third kappa shape index (κ3) is 6.34. The third-order valence-corrected chi connectivity index (χ3v) is 5.96. The fourth-order valence-electron chi connectivity index (χ4n) is 3.77. The van der Waals surface area contributed by atoms with Gasteiger partial charge in [0, 0.05) is 35.7 Å². The molecule has 5 nitrogen and oxygen atoms in total. The summed E-state index contributed by atoms with van der Waals surface area (Å²) in [5.74, 6) is 1.21. The van der Waals surface area contributed by atoms with E-state index in [0.29, 0.717) is 31.3 Å². The Morgan fingerprint density at radius 3 is 2.65 bits per heavy atom. The Balaban J connectivity index is 1.67. The number of hydrogen-bond donors (Lipinski definition) is 1. The van der Waals surface area contributed by atoms with E-state index in [4.69, 9.17) is 14.2 Å². The topological polar surface area (TPSA) is 56.8 Å². The van der Waals surface area contributed by atoms with Gasteiger partial charge < -0.3 is 19.5 Å². The molecule has 1 heterocycles. The summed E-state index contributed by atoms with van der Waals surface area (Å²) in [4.78, 5) is 12.6. The number of rotatable bonds is 8. The minimum absolute atomic E-state index is 0.0591. The summed E-state index contributed by atoms with van der Waals surface area (Å²) in [5.41, 5.74) is 1.97. The van der Waals surface area contributed by atoms with Crippen LogP contribution in [0.3, 0.4) is 0 Å². The van der Waals surface area contributed by atoms with Crippen LogP contribution in [-0.4, -0.2) is 38.9 Å². The molecule has 0 bridgehead atoms.